The smallest absolute Gasteiger partial charge is 0.328 e. The van der Waals surface area contributed by atoms with Gasteiger partial charge in [-0.05, 0) is 17.2 Å². The van der Waals surface area contributed by atoms with Gasteiger partial charge in [0.25, 0.3) is 5.91 Å². The van der Waals surface area contributed by atoms with Gasteiger partial charge in [-0.3, -0.25) is 9.69 Å². The molecule has 1 aliphatic heterocycles. The van der Waals surface area contributed by atoms with E-state index in [9.17, 15) is 14.4 Å². The molecule has 1 saturated heterocycles. The van der Waals surface area contributed by atoms with Crippen LogP contribution in [0, 0.1) is 0 Å². The van der Waals surface area contributed by atoms with Crippen LogP contribution >= 0.6 is 0 Å². The summed E-state index contributed by atoms with van der Waals surface area (Å²) in [7, 11) is 1.58. The van der Waals surface area contributed by atoms with E-state index in [2.05, 4.69) is 0 Å². The Kier molecular flexibility index (Phi) is 3.84. The molecule has 1 heterocycles. The lowest BCUT2D eigenvalue weighted by Gasteiger charge is -2.14. The number of hydrogen-bond acceptors (Lipinski definition) is 3. The van der Waals surface area contributed by atoms with E-state index in [4.69, 9.17) is 5.11 Å². The van der Waals surface area contributed by atoms with E-state index in [1.807, 2.05) is 0 Å². The molecule has 1 N–H and O–H groups in total. The van der Waals surface area contributed by atoms with Gasteiger partial charge < -0.3 is 10.0 Å². The molecule has 0 atom stereocenters. The second-order valence-corrected chi connectivity index (χ2v) is 4.53. The highest BCUT2D eigenvalue weighted by atomic mass is 16.4. The largest absolute Gasteiger partial charge is 0.478 e. The number of aliphatic carboxylic acids is 1. The first-order valence-electron chi connectivity index (χ1n) is 6.03. The van der Waals surface area contributed by atoms with E-state index in [0.29, 0.717) is 0 Å². The standard InChI is InChI=1S/C14H14N2O4/c1-15-9-12(17)16(14(15)20)8-11-4-2-10(3-5-11)6-7-13(18)19/h2-7H,8-9H2,1H3,(H,18,19). The normalized spacial score (nSPS) is 15.4. The van der Waals surface area contributed by atoms with Gasteiger partial charge in [-0.25, -0.2) is 9.59 Å². The highest BCUT2D eigenvalue weighted by Gasteiger charge is 2.33. The van der Waals surface area contributed by atoms with Gasteiger partial charge in [0.1, 0.15) is 6.54 Å². The van der Waals surface area contributed by atoms with Crippen LogP contribution in [0.3, 0.4) is 0 Å². The molecular formula is C14H14N2O4. The summed E-state index contributed by atoms with van der Waals surface area (Å²) < 4.78 is 0. The SMILES string of the molecule is CN1CC(=O)N(Cc2ccc(C=CC(=O)O)cc2)C1=O. The van der Waals surface area contributed by atoms with E-state index in [1.165, 1.54) is 15.9 Å². The quantitative estimate of drug-likeness (QED) is 0.660. The Labute approximate surface area is 115 Å². The molecule has 0 spiro atoms. The van der Waals surface area contributed by atoms with Crippen LogP contribution in [0.4, 0.5) is 4.79 Å². The molecule has 0 radical (unpaired) electrons. The summed E-state index contributed by atoms with van der Waals surface area (Å²) >= 11 is 0. The average Bonchev–Trinajstić information content (AvgIpc) is 2.64. The van der Waals surface area contributed by atoms with Crippen LogP contribution in [0.2, 0.25) is 0 Å². The highest BCUT2D eigenvalue weighted by molar-refractivity contribution is 6.01. The first-order chi connectivity index (χ1) is 9.47. The van der Waals surface area contributed by atoms with Crippen LogP contribution < -0.4 is 0 Å². The summed E-state index contributed by atoms with van der Waals surface area (Å²) in [6.45, 7) is 0.337. The maximum Gasteiger partial charge on any atom is 0.328 e. The van der Waals surface area contributed by atoms with Crippen molar-refractivity contribution in [3.05, 3.63) is 41.5 Å². The Balaban J connectivity index is 2.06. The van der Waals surface area contributed by atoms with Crippen molar-refractivity contribution in [3.8, 4) is 0 Å². The zero-order chi connectivity index (χ0) is 14.7. The molecule has 2 rings (SSSR count). The number of nitrogens with zero attached hydrogens (tertiary/aromatic N) is 2. The monoisotopic (exact) mass is 274 g/mol. The van der Waals surface area contributed by atoms with Crippen molar-refractivity contribution in [3.63, 3.8) is 0 Å². The lowest BCUT2D eigenvalue weighted by molar-refractivity contribution is -0.131. The lowest BCUT2D eigenvalue weighted by Crippen LogP contribution is -2.30. The number of imide groups is 1. The van der Waals surface area contributed by atoms with E-state index in [1.54, 1.807) is 31.3 Å². The maximum atomic E-state index is 11.7. The van der Waals surface area contributed by atoms with Gasteiger partial charge in [-0.1, -0.05) is 24.3 Å². The minimum absolute atomic E-state index is 0.109. The Morgan fingerprint density at radius 3 is 2.45 bits per heavy atom. The van der Waals surface area contributed by atoms with Crippen LogP contribution in [0.5, 0.6) is 0 Å². The predicted octanol–water partition coefficient (Wildman–Crippen LogP) is 1.18. The molecule has 104 valence electrons. The predicted molar refractivity (Wildman–Crippen MR) is 71.7 cm³/mol. The third-order valence-corrected chi connectivity index (χ3v) is 2.97. The van der Waals surface area contributed by atoms with Crippen LogP contribution in [-0.4, -0.2) is 46.4 Å². The maximum absolute atomic E-state index is 11.7. The number of amides is 3. The molecule has 6 heteroatoms. The molecule has 1 aromatic carbocycles. The van der Waals surface area contributed by atoms with Gasteiger partial charge in [0.15, 0.2) is 0 Å². The molecule has 1 fully saturated rings. The molecule has 0 saturated carbocycles. The number of carboxylic acid groups (broad SMARTS) is 1. The Bertz CT molecular complexity index is 577. The molecule has 0 bridgehead atoms. The molecule has 20 heavy (non-hydrogen) atoms. The Morgan fingerprint density at radius 1 is 1.30 bits per heavy atom. The molecule has 0 aliphatic carbocycles. The van der Waals surface area contributed by atoms with Crippen molar-refractivity contribution in [2.45, 2.75) is 6.54 Å². The summed E-state index contributed by atoms with van der Waals surface area (Å²) in [5, 5.41) is 8.53. The highest BCUT2D eigenvalue weighted by Crippen LogP contribution is 2.14. The second kappa shape index (κ2) is 5.56. The fourth-order valence-electron chi connectivity index (χ4n) is 1.91. The zero-order valence-corrected chi connectivity index (χ0v) is 10.9. The van der Waals surface area contributed by atoms with Gasteiger partial charge in [-0.15, -0.1) is 0 Å². The van der Waals surface area contributed by atoms with Gasteiger partial charge in [-0.2, -0.15) is 0 Å². The van der Waals surface area contributed by atoms with Crippen LogP contribution in [0.25, 0.3) is 6.08 Å². The van der Waals surface area contributed by atoms with E-state index >= 15 is 0 Å². The number of carbonyl (C=O) groups excluding carboxylic acids is 2. The summed E-state index contributed by atoms with van der Waals surface area (Å²) in [6, 6.07) is 6.71. The van der Waals surface area contributed by atoms with Crippen LogP contribution in [0.1, 0.15) is 11.1 Å². The van der Waals surface area contributed by atoms with Crippen molar-refractivity contribution < 1.29 is 19.5 Å². The number of urea groups is 1. The second-order valence-electron chi connectivity index (χ2n) is 4.53. The van der Waals surface area contributed by atoms with Crippen LogP contribution in [0.15, 0.2) is 30.3 Å². The van der Waals surface area contributed by atoms with Crippen molar-refractivity contribution in [2.24, 2.45) is 0 Å². The van der Waals surface area contributed by atoms with E-state index in [-0.39, 0.29) is 25.0 Å². The molecule has 1 aliphatic rings. The number of carboxylic acids is 1. The number of carbonyl (C=O) groups is 3. The first kappa shape index (κ1) is 13.8. The van der Waals surface area contributed by atoms with Gasteiger partial charge in [0, 0.05) is 13.1 Å². The van der Waals surface area contributed by atoms with Crippen molar-refractivity contribution in [1.29, 1.82) is 0 Å². The van der Waals surface area contributed by atoms with Crippen LogP contribution in [-0.2, 0) is 16.1 Å². The van der Waals surface area contributed by atoms with E-state index < -0.39 is 5.97 Å². The number of benzene rings is 1. The average molecular weight is 274 g/mol. The molecule has 1 aromatic rings. The third-order valence-electron chi connectivity index (χ3n) is 2.97. The fourth-order valence-corrected chi connectivity index (χ4v) is 1.91. The molecule has 3 amide bonds. The molecule has 0 aromatic heterocycles. The minimum atomic E-state index is -1.01. The van der Waals surface area contributed by atoms with Gasteiger partial charge >= 0.3 is 12.0 Å². The van der Waals surface area contributed by atoms with Gasteiger partial charge in [0.05, 0.1) is 6.54 Å². The molecular weight excluding hydrogens is 260 g/mol. The lowest BCUT2D eigenvalue weighted by atomic mass is 10.1. The number of hydrogen-bond donors (Lipinski definition) is 1. The summed E-state index contributed by atoms with van der Waals surface area (Å²) in [5.41, 5.74) is 1.56. The fraction of sp³-hybridized carbons (Fsp3) is 0.214. The van der Waals surface area contributed by atoms with E-state index in [0.717, 1.165) is 17.2 Å². The Morgan fingerprint density at radius 2 is 1.95 bits per heavy atom. The molecule has 6 nitrogen and oxygen atoms in total. The first-order valence-corrected chi connectivity index (χ1v) is 6.03. The summed E-state index contributed by atoms with van der Waals surface area (Å²) in [6.07, 6.45) is 2.53. The number of rotatable bonds is 4. The Hall–Kier alpha value is -2.63. The minimum Gasteiger partial charge on any atom is -0.478 e. The van der Waals surface area contributed by atoms with Crippen molar-refractivity contribution >= 4 is 24.0 Å². The van der Waals surface area contributed by atoms with Gasteiger partial charge in [0.2, 0.25) is 0 Å². The molecule has 0 unspecified atom stereocenters. The summed E-state index contributed by atoms with van der Waals surface area (Å²) in [5.74, 6) is -1.22. The van der Waals surface area contributed by atoms with Crippen molar-refractivity contribution in [1.82, 2.24) is 9.80 Å². The third kappa shape index (κ3) is 3.03. The van der Waals surface area contributed by atoms with Crippen molar-refractivity contribution in [2.75, 3.05) is 13.6 Å². The topological polar surface area (TPSA) is 77.9 Å². The number of likely N-dealkylation sites (N-methyl/N-ethyl adjacent to an activating group) is 1. The zero-order valence-electron chi connectivity index (χ0n) is 10.9. The summed E-state index contributed by atoms with van der Waals surface area (Å²) in [4.78, 5) is 36.3.